The summed E-state index contributed by atoms with van der Waals surface area (Å²) in [5.41, 5.74) is 1.79. The van der Waals surface area contributed by atoms with Gasteiger partial charge in [0.15, 0.2) is 11.8 Å². The number of rotatable bonds is 6. The van der Waals surface area contributed by atoms with Gasteiger partial charge in [0, 0.05) is 37.8 Å². The lowest BCUT2D eigenvalue weighted by atomic mass is 10.2. The molecule has 0 aliphatic carbocycles. The minimum atomic E-state index is 0. The molecule has 3 aromatic rings. The number of nitrogens with zero attached hydrogens (tertiary/aromatic N) is 4. The molecular weight excluding hydrogens is 479 g/mol. The fraction of sp³-hybridized carbons (Fsp3) is 0.222. The molecule has 2 aromatic heterocycles. The summed E-state index contributed by atoms with van der Waals surface area (Å²) in [4.78, 5) is 12.7. The van der Waals surface area contributed by atoms with Crippen molar-refractivity contribution in [1.29, 1.82) is 0 Å². The third kappa shape index (κ3) is 6.47. The van der Waals surface area contributed by atoms with Crippen LogP contribution < -0.4 is 10.6 Å². The molecule has 27 heavy (non-hydrogen) atoms. The topological polar surface area (TPSA) is 88.2 Å². The Morgan fingerprint density at radius 1 is 1.15 bits per heavy atom. The summed E-state index contributed by atoms with van der Waals surface area (Å²) in [7, 11) is 1.73. The van der Waals surface area contributed by atoms with Crippen molar-refractivity contribution in [2.45, 2.75) is 13.0 Å². The number of benzene rings is 1. The maximum absolute atomic E-state index is 5.89. The Labute approximate surface area is 179 Å². The highest BCUT2D eigenvalue weighted by Gasteiger charge is 2.09. The van der Waals surface area contributed by atoms with Crippen LogP contribution in [0.2, 0.25) is 5.02 Å². The molecule has 0 saturated heterocycles. The zero-order chi connectivity index (χ0) is 18.2. The maximum Gasteiger partial charge on any atom is 0.276 e. The summed E-state index contributed by atoms with van der Waals surface area (Å²) >= 11 is 5.89. The molecule has 0 atom stereocenters. The van der Waals surface area contributed by atoms with E-state index in [1.54, 1.807) is 13.2 Å². The molecule has 9 heteroatoms. The van der Waals surface area contributed by atoms with E-state index < -0.39 is 0 Å². The molecule has 0 fully saturated rings. The number of halogens is 2. The average Bonchev–Trinajstić information content (AvgIpc) is 3.15. The summed E-state index contributed by atoms with van der Waals surface area (Å²) in [6.07, 6.45) is 2.30. The van der Waals surface area contributed by atoms with Gasteiger partial charge in [-0.3, -0.25) is 9.98 Å². The number of aliphatic imine (C=N–C) groups is 1. The second-order valence-corrected chi connectivity index (χ2v) is 5.90. The number of hydrogen-bond donors (Lipinski definition) is 2. The van der Waals surface area contributed by atoms with Gasteiger partial charge in [-0.2, -0.15) is 4.98 Å². The lowest BCUT2D eigenvalue weighted by Crippen LogP contribution is -2.37. The summed E-state index contributed by atoms with van der Waals surface area (Å²) in [6.45, 7) is 1.28. The number of pyridine rings is 1. The first kappa shape index (κ1) is 21.1. The molecule has 0 aliphatic rings. The Bertz CT molecular complexity index is 854. The molecule has 0 saturated carbocycles. The van der Waals surface area contributed by atoms with Gasteiger partial charge in [-0.05, 0) is 29.8 Å². The van der Waals surface area contributed by atoms with Crippen LogP contribution in [-0.2, 0) is 13.0 Å². The minimum Gasteiger partial charge on any atom is -0.356 e. The highest BCUT2D eigenvalue weighted by atomic mass is 127. The number of guanidine groups is 1. The van der Waals surface area contributed by atoms with E-state index in [4.69, 9.17) is 16.1 Å². The van der Waals surface area contributed by atoms with Crippen LogP contribution in [0.25, 0.3) is 11.6 Å². The second-order valence-electron chi connectivity index (χ2n) is 5.46. The first-order chi connectivity index (χ1) is 12.7. The predicted molar refractivity (Wildman–Crippen MR) is 116 cm³/mol. The molecule has 0 spiro atoms. The van der Waals surface area contributed by atoms with Crippen LogP contribution in [-0.4, -0.2) is 34.7 Å². The number of nitrogens with one attached hydrogen (secondary N) is 2. The van der Waals surface area contributed by atoms with E-state index >= 15 is 0 Å². The van der Waals surface area contributed by atoms with E-state index in [9.17, 15) is 0 Å². The van der Waals surface area contributed by atoms with Gasteiger partial charge < -0.3 is 15.2 Å². The first-order valence-corrected chi connectivity index (χ1v) is 8.55. The fourth-order valence-corrected chi connectivity index (χ4v) is 2.38. The largest absolute Gasteiger partial charge is 0.356 e. The van der Waals surface area contributed by atoms with Gasteiger partial charge in [0.1, 0.15) is 5.69 Å². The van der Waals surface area contributed by atoms with E-state index in [0.29, 0.717) is 42.9 Å². The number of aromatic nitrogens is 3. The van der Waals surface area contributed by atoms with Crippen LogP contribution >= 0.6 is 35.6 Å². The van der Waals surface area contributed by atoms with Gasteiger partial charge in [0.2, 0.25) is 0 Å². The van der Waals surface area contributed by atoms with Crippen molar-refractivity contribution < 1.29 is 4.52 Å². The lowest BCUT2D eigenvalue weighted by Gasteiger charge is -2.11. The summed E-state index contributed by atoms with van der Waals surface area (Å²) in [6, 6.07) is 13.2. The Balaban J connectivity index is 0.00000261. The van der Waals surface area contributed by atoms with Gasteiger partial charge >= 0.3 is 0 Å². The standard InChI is InChI=1S/C18H19ClN6O.HI/c1-20-18(23-12-13-5-7-14(19)8-6-13)22-11-9-16-24-17(26-25-16)15-4-2-3-10-21-15;/h2-8,10H,9,11-12H2,1H3,(H2,20,22,23);1H. The van der Waals surface area contributed by atoms with Crippen molar-refractivity contribution in [3.05, 3.63) is 65.1 Å². The average molecular weight is 499 g/mol. The highest BCUT2D eigenvalue weighted by molar-refractivity contribution is 14.0. The van der Waals surface area contributed by atoms with Crippen LogP contribution in [0, 0.1) is 0 Å². The van der Waals surface area contributed by atoms with Crippen molar-refractivity contribution in [1.82, 2.24) is 25.8 Å². The van der Waals surface area contributed by atoms with Crippen LogP contribution in [0.5, 0.6) is 0 Å². The molecule has 0 bridgehead atoms. The van der Waals surface area contributed by atoms with E-state index in [1.807, 2.05) is 42.5 Å². The molecule has 0 radical (unpaired) electrons. The Morgan fingerprint density at radius 3 is 2.67 bits per heavy atom. The minimum absolute atomic E-state index is 0. The molecular formula is C18H20ClIN6O. The summed E-state index contributed by atoms with van der Waals surface area (Å²) in [5, 5.41) is 11.2. The van der Waals surface area contributed by atoms with Crippen molar-refractivity contribution in [2.24, 2.45) is 4.99 Å². The highest BCUT2D eigenvalue weighted by Crippen LogP contribution is 2.13. The van der Waals surface area contributed by atoms with Gasteiger partial charge in [-0.15, -0.1) is 24.0 Å². The normalized spacial score (nSPS) is 11.0. The third-order valence-electron chi connectivity index (χ3n) is 3.59. The SMILES string of the molecule is CN=C(NCCc1noc(-c2ccccn2)n1)NCc1ccc(Cl)cc1.I. The molecule has 0 amide bonds. The quantitative estimate of drug-likeness (QED) is 0.308. The van der Waals surface area contributed by atoms with Crippen molar-refractivity contribution in [3.8, 4) is 11.6 Å². The third-order valence-corrected chi connectivity index (χ3v) is 3.84. The summed E-state index contributed by atoms with van der Waals surface area (Å²) < 4.78 is 5.24. The fourth-order valence-electron chi connectivity index (χ4n) is 2.25. The van der Waals surface area contributed by atoms with Gasteiger partial charge in [-0.1, -0.05) is 35.0 Å². The Morgan fingerprint density at radius 2 is 1.96 bits per heavy atom. The van der Waals surface area contributed by atoms with Crippen LogP contribution in [0.1, 0.15) is 11.4 Å². The van der Waals surface area contributed by atoms with Crippen LogP contribution in [0.4, 0.5) is 0 Å². The lowest BCUT2D eigenvalue weighted by molar-refractivity contribution is 0.421. The molecule has 0 unspecified atom stereocenters. The molecule has 2 heterocycles. The van der Waals surface area contributed by atoms with Gasteiger partial charge in [-0.25, -0.2) is 0 Å². The predicted octanol–water partition coefficient (Wildman–Crippen LogP) is 3.31. The van der Waals surface area contributed by atoms with Crippen LogP contribution in [0.3, 0.4) is 0 Å². The van der Waals surface area contributed by atoms with Gasteiger partial charge in [0.05, 0.1) is 0 Å². The van der Waals surface area contributed by atoms with E-state index in [2.05, 4.69) is 30.8 Å². The van der Waals surface area contributed by atoms with E-state index in [0.717, 1.165) is 10.6 Å². The zero-order valence-electron chi connectivity index (χ0n) is 14.7. The second kappa shape index (κ2) is 10.8. The Hall–Kier alpha value is -2.20. The first-order valence-electron chi connectivity index (χ1n) is 8.17. The number of hydrogen-bond acceptors (Lipinski definition) is 5. The van der Waals surface area contributed by atoms with Crippen molar-refractivity contribution in [3.63, 3.8) is 0 Å². The van der Waals surface area contributed by atoms with E-state index in [-0.39, 0.29) is 24.0 Å². The smallest absolute Gasteiger partial charge is 0.276 e. The van der Waals surface area contributed by atoms with E-state index in [1.165, 1.54) is 0 Å². The maximum atomic E-state index is 5.89. The molecule has 3 rings (SSSR count). The zero-order valence-corrected chi connectivity index (χ0v) is 17.8. The molecule has 1 aromatic carbocycles. The van der Waals surface area contributed by atoms with Crippen LogP contribution in [0.15, 0.2) is 58.2 Å². The van der Waals surface area contributed by atoms with Gasteiger partial charge in [0.25, 0.3) is 5.89 Å². The van der Waals surface area contributed by atoms with Crippen molar-refractivity contribution >= 4 is 41.5 Å². The summed E-state index contributed by atoms with van der Waals surface area (Å²) in [5.74, 6) is 1.74. The Kier molecular flexibility index (Phi) is 8.46. The molecule has 7 nitrogen and oxygen atoms in total. The monoisotopic (exact) mass is 498 g/mol. The molecule has 2 N–H and O–H groups in total. The van der Waals surface area contributed by atoms with Crippen molar-refractivity contribution in [2.75, 3.05) is 13.6 Å². The molecule has 142 valence electrons. The molecule has 0 aliphatic heterocycles.